The number of nitrogens with one attached hydrogen (secondary N) is 2. The topological polar surface area (TPSA) is 97.1 Å². The zero-order chi connectivity index (χ0) is 12.2. The van der Waals surface area contributed by atoms with Crippen molar-refractivity contribution in [3.63, 3.8) is 0 Å². The van der Waals surface area contributed by atoms with Gasteiger partial charge in [-0.25, -0.2) is 13.1 Å². The van der Waals surface area contributed by atoms with E-state index in [1.54, 1.807) is 6.92 Å². The molecule has 1 aromatic rings. The first-order valence-electron chi connectivity index (χ1n) is 4.93. The SMILES string of the molecule is Cc1nnc(NS(=O)(=O)CCNC(C)C)o1. The molecule has 1 aromatic heterocycles. The minimum Gasteiger partial charge on any atom is -0.408 e. The standard InChI is InChI=1S/C8H16N4O3S/c1-6(2)9-4-5-16(13,14)12-8-11-10-7(3)15-8/h6,9H,4-5H2,1-3H3,(H,11,12). The second kappa shape index (κ2) is 5.26. The van der Waals surface area contributed by atoms with Gasteiger partial charge >= 0.3 is 6.01 Å². The molecule has 0 saturated heterocycles. The maximum Gasteiger partial charge on any atom is 0.329 e. The van der Waals surface area contributed by atoms with Gasteiger partial charge in [-0.05, 0) is 0 Å². The van der Waals surface area contributed by atoms with Crippen LogP contribution < -0.4 is 10.0 Å². The van der Waals surface area contributed by atoms with Crippen molar-refractivity contribution in [1.82, 2.24) is 15.5 Å². The Balaban J connectivity index is 2.46. The molecular formula is C8H16N4O3S. The maximum absolute atomic E-state index is 11.5. The lowest BCUT2D eigenvalue weighted by molar-refractivity contribution is 0.533. The Kier molecular flexibility index (Phi) is 4.25. The molecular weight excluding hydrogens is 232 g/mol. The van der Waals surface area contributed by atoms with Crippen LogP contribution in [0.4, 0.5) is 6.01 Å². The molecule has 8 heteroatoms. The fourth-order valence-electron chi connectivity index (χ4n) is 1.00. The number of rotatable bonds is 6. The predicted octanol–water partition coefficient (Wildman–Crippen LogP) is 0.118. The summed E-state index contributed by atoms with van der Waals surface area (Å²) in [6.07, 6.45) is 0. The highest BCUT2D eigenvalue weighted by atomic mass is 32.2. The molecule has 0 radical (unpaired) electrons. The first kappa shape index (κ1) is 12.9. The number of hydrogen-bond donors (Lipinski definition) is 2. The third-order valence-corrected chi connectivity index (χ3v) is 2.92. The first-order chi connectivity index (χ1) is 7.39. The smallest absolute Gasteiger partial charge is 0.329 e. The number of aromatic nitrogens is 2. The molecule has 7 nitrogen and oxygen atoms in total. The van der Waals surface area contributed by atoms with Crippen LogP contribution in [0, 0.1) is 6.92 Å². The van der Waals surface area contributed by atoms with Crippen LogP contribution in [0.5, 0.6) is 0 Å². The lowest BCUT2D eigenvalue weighted by atomic mass is 10.4. The number of sulfonamides is 1. The van der Waals surface area contributed by atoms with Crippen molar-refractivity contribution in [1.29, 1.82) is 0 Å². The number of anilines is 1. The summed E-state index contributed by atoms with van der Waals surface area (Å²) in [5.41, 5.74) is 0. The lowest BCUT2D eigenvalue weighted by Crippen LogP contribution is -2.31. The van der Waals surface area contributed by atoms with Crippen molar-refractivity contribution >= 4 is 16.0 Å². The van der Waals surface area contributed by atoms with Gasteiger partial charge in [0.1, 0.15) is 0 Å². The minimum absolute atomic E-state index is 0.0351. The molecule has 1 heterocycles. The van der Waals surface area contributed by atoms with E-state index in [0.29, 0.717) is 12.4 Å². The van der Waals surface area contributed by atoms with E-state index in [-0.39, 0.29) is 17.8 Å². The molecule has 0 aliphatic heterocycles. The van der Waals surface area contributed by atoms with Crippen molar-refractivity contribution in [2.24, 2.45) is 0 Å². The van der Waals surface area contributed by atoms with Crippen LogP contribution in [-0.2, 0) is 10.0 Å². The highest BCUT2D eigenvalue weighted by molar-refractivity contribution is 7.92. The van der Waals surface area contributed by atoms with Crippen LogP contribution in [-0.4, -0.2) is 37.0 Å². The van der Waals surface area contributed by atoms with E-state index in [1.807, 2.05) is 13.8 Å². The van der Waals surface area contributed by atoms with Crippen LogP contribution >= 0.6 is 0 Å². The highest BCUT2D eigenvalue weighted by Gasteiger charge is 2.13. The van der Waals surface area contributed by atoms with Crippen molar-refractivity contribution in [3.8, 4) is 0 Å². The van der Waals surface area contributed by atoms with Gasteiger partial charge in [0.15, 0.2) is 0 Å². The van der Waals surface area contributed by atoms with E-state index in [4.69, 9.17) is 4.42 Å². The summed E-state index contributed by atoms with van der Waals surface area (Å²) in [5, 5.41) is 10.1. The van der Waals surface area contributed by atoms with E-state index in [1.165, 1.54) is 0 Å². The van der Waals surface area contributed by atoms with E-state index in [2.05, 4.69) is 20.2 Å². The van der Waals surface area contributed by atoms with Crippen LogP contribution in [0.15, 0.2) is 4.42 Å². The van der Waals surface area contributed by atoms with Crippen molar-refractivity contribution in [3.05, 3.63) is 5.89 Å². The molecule has 0 aliphatic rings. The third kappa shape index (κ3) is 4.58. The van der Waals surface area contributed by atoms with Gasteiger partial charge in [-0.2, -0.15) is 0 Å². The Morgan fingerprint density at radius 3 is 2.56 bits per heavy atom. The predicted molar refractivity (Wildman–Crippen MR) is 59.6 cm³/mol. The summed E-state index contributed by atoms with van der Waals surface area (Å²) in [6.45, 7) is 5.86. The summed E-state index contributed by atoms with van der Waals surface area (Å²) in [5.74, 6) is 0.282. The molecule has 0 fully saturated rings. The van der Waals surface area contributed by atoms with E-state index < -0.39 is 10.0 Å². The highest BCUT2D eigenvalue weighted by Crippen LogP contribution is 2.06. The number of nitrogens with zero attached hydrogens (tertiary/aromatic N) is 2. The van der Waals surface area contributed by atoms with Gasteiger partial charge in [0.25, 0.3) is 0 Å². The molecule has 0 atom stereocenters. The van der Waals surface area contributed by atoms with Crippen molar-refractivity contribution in [2.75, 3.05) is 17.0 Å². The average Bonchev–Trinajstić information content (AvgIpc) is 2.48. The maximum atomic E-state index is 11.5. The second-order valence-corrected chi connectivity index (χ2v) is 5.50. The number of aryl methyl sites for hydroxylation is 1. The third-order valence-electron chi connectivity index (χ3n) is 1.69. The second-order valence-electron chi connectivity index (χ2n) is 3.66. The summed E-state index contributed by atoms with van der Waals surface area (Å²) in [4.78, 5) is 0. The van der Waals surface area contributed by atoms with Gasteiger partial charge in [-0.15, -0.1) is 5.10 Å². The summed E-state index contributed by atoms with van der Waals surface area (Å²) < 4.78 is 30.1. The van der Waals surface area contributed by atoms with Gasteiger partial charge in [0.2, 0.25) is 15.9 Å². The summed E-state index contributed by atoms with van der Waals surface area (Å²) in [7, 11) is -3.43. The van der Waals surface area contributed by atoms with Crippen molar-refractivity contribution < 1.29 is 12.8 Å². The fourth-order valence-corrected chi connectivity index (χ4v) is 1.84. The summed E-state index contributed by atoms with van der Waals surface area (Å²) in [6, 6.07) is 0.155. The fraction of sp³-hybridized carbons (Fsp3) is 0.750. The van der Waals surface area contributed by atoms with Crippen molar-refractivity contribution in [2.45, 2.75) is 26.8 Å². The van der Waals surface area contributed by atoms with Crippen LogP contribution in [0.25, 0.3) is 0 Å². The molecule has 2 N–H and O–H groups in total. The molecule has 16 heavy (non-hydrogen) atoms. The molecule has 0 aliphatic carbocycles. The Morgan fingerprint density at radius 2 is 2.06 bits per heavy atom. The monoisotopic (exact) mass is 248 g/mol. The molecule has 0 spiro atoms. The molecule has 0 bridgehead atoms. The minimum atomic E-state index is -3.43. The molecule has 0 unspecified atom stereocenters. The molecule has 1 rings (SSSR count). The Morgan fingerprint density at radius 1 is 1.38 bits per heavy atom. The number of hydrogen-bond acceptors (Lipinski definition) is 6. The Hall–Kier alpha value is -1.15. The molecule has 0 aromatic carbocycles. The Labute approximate surface area is 94.7 Å². The van der Waals surface area contributed by atoms with Crippen LogP contribution in [0.3, 0.4) is 0 Å². The van der Waals surface area contributed by atoms with Gasteiger partial charge in [-0.3, -0.25) is 0 Å². The molecule has 92 valence electrons. The quantitative estimate of drug-likeness (QED) is 0.742. The average molecular weight is 248 g/mol. The Bertz CT molecular complexity index is 426. The summed E-state index contributed by atoms with van der Waals surface area (Å²) >= 11 is 0. The lowest BCUT2D eigenvalue weighted by Gasteiger charge is -2.08. The van der Waals surface area contributed by atoms with E-state index in [0.717, 1.165) is 0 Å². The van der Waals surface area contributed by atoms with Gasteiger partial charge in [0, 0.05) is 19.5 Å². The first-order valence-corrected chi connectivity index (χ1v) is 6.58. The molecule has 0 amide bonds. The van der Waals surface area contributed by atoms with Gasteiger partial charge in [0.05, 0.1) is 5.75 Å². The largest absolute Gasteiger partial charge is 0.408 e. The van der Waals surface area contributed by atoms with Gasteiger partial charge in [-0.1, -0.05) is 18.9 Å². The zero-order valence-corrected chi connectivity index (χ0v) is 10.3. The van der Waals surface area contributed by atoms with E-state index in [9.17, 15) is 8.42 Å². The van der Waals surface area contributed by atoms with Gasteiger partial charge < -0.3 is 9.73 Å². The molecule has 0 saturated carbocycles. The van der Waals surface area contributed by atoms with Crippen LogP contribution in [0.2, 0.25) is 0 Å². The normalized spacial score (nSPS) is 12.0. The van der Waals surface area contributed by atoms with E-state index >= 15 is 0 Å². The zero-order valence-electron chi connectivity index (χ0n) is 9.52. The van der Waals surface area contributed by atoms with Crippen LogP contribution in [0.1, 0.15) is 19.7 Å².